The van der Waals surface area contributed by atoms with Crippen LogP contribution in [0.3, 0.4) is 0 Å². The number of nitrogens with zero attached hydrogens (tertiary/aromatic N) is 6. The molecule has 0 unspecified atom stereocenters. The summed E-state index contributed by atoms with van der Waals surface area (Å²) in [6, 6.07) is 8.08. The first-order chi connectivity index (χ1) is 9.74. The van der Waals surface area contributed by atoms with Gasteiger partial charge < -0.3 is 5.32 Å². The van der Waals surface area contributed by atoms with E-state index in [1.165, 1.54) is 0 Å². The van der Waals surface area contributed by atoms with Gasteiger partial charge in [-0.2, -0.15) is 5.10 Å². The van der Waals surface area contributed by atoms with Gasteiger partial charge in [0.05, 0.1) is 17.9 Å². The third-order valence-corrected chi connectivity index (χ3v) is 3.19. The summed E-state index contributed by atoms with van der Waals surface area (Å²) in [6.45, 7) is 2.77. The van der Waals surface area contributed by atoms with Crippen LogP contribution in [0, 0.1) is 6.92 Å². The van der Waals surface area contributed by atoms with Gasteiger partial charge in [0.15, 0.2) is 0 Å². The number of nitrogens with one attached hydrogen (secondary N) is 1. The Morgan fingerprint density at radius 3 is 2.80 bits per heavy atom. The van der Waals surface area contributed by atoms with Crippen LogP contribution in [0.5, 0.6) is 0 Å². The number of aryl methyl sites for hydroxylation is 2. The predicted octanol–water partition coefficient (Wildman–Crippen LogP) is 1.32. The van der Waals surface area contributed by atoms with Crippen molar-refractivity contribution in [2.45, 2.75) is 13.5 Å². The molecule has 0 fully saturated rings. The fourth-order valence-corrected chi connectivity index (χ4v) is 2.06. The Labute approximate surface area is 116 Å². The van der Waals surface area contributed by atoms with Crippen molar-refractivity contribution in [3.05, 3.63) is 48.0 Å². The molecule has 0 atom stereocenters. The van der Waals surface area contributed by atoms with E-state index in [-0.39, 0.29) is 0 Å². The first kappa shape index (κ1) is 12.3. The molecule has 102 valence electrons. The van der Waals surface area contributed by atoms with Crippen LogP contribution in [-0.4, -0.2) is 30.0 Å². The highest BCUT2D eigenvalue weighted by Gasteiger charge is 2.04. The maximum atomic E-state index is 4.15. The van der Waals surface area contributed by atoms with E-state index in [2.05, 4.69) is 32.0 Å². The average Bonchev–Trinajstić information content (AvgIpc) is 3.08. The summed E-state index contributed by atoms with van der Waals surface area (Å²) in [5.74, 6) is 0. The molecule has 0 amide bonds. The molecule has 0 saturated carbocycles. The lowest BCUT2D eigenvalue weighted by molar-refractivity contribution is 0.720. The Kier molecular flexibility index (Phi) is 3.16. The Morgan fingerprint density at radius 2 is 2.15 bits per heavy atom. The summed E-state index contributed by atoms with van der Waals surface area (Å²) in [6.07, 6.45) is 3.38. The molecule has 0 aliphatic rings. The molecule has 0 bridgehead atoms. The second-order valence-corrected chi connectivity index (χ2v) is 4.56. The first-order valence-electron chi connectivity index (χ1n) is 6.29. The molecule has 0 spiro atoms. The number of rotatable bonds is 4. The van der Waals surface area contributed by atoms with Gasteiger partial charge in [0.1, 0.15) is 6.33 Å². The predicted molar refractivity (Wildman–Crippen MR) is 74.4 cm³/mol. The third kappa shape index (κ3) is 2.37. The van der Waals surface area contributed by atoms with Crippen molar-refractivity contribution in [3.63, 3.8) is 0 Å². The number of hydrogen-bond donors (Lipinski definition) is 1. The van der Waals surface area contributed by atoms with Crippen molar-refractivity contribution in [1.82, 2.24) is 30.0 Å². The summed E-state index contributed by atoms with van der Waals surface area (Å²) in [7, 11) is 1.93. The van der Waals surface area contributed by atoms with E-state index in [0.717, 1.165) is 29.2 Å². The van der Waals surface area contributed by atoms with Crippen LogP contribution in [0.25, 0.3) is 5.69 Å². The lowest BCUT2D eigenvalue weighted by Crippen LogP contribution is -2.06. The quantitative estimate of drug-likeness (QED) is 0.773. The normalized spacial score (nSPS) is 10.7. The van der Waals surface area contributed by atoms with Crippen molar-refractivity contribution >= 4 is 5.69 Å². The zero-order chi connectivity index (χ0) is 13.9. The Morgan fingerprint density at radius 1 is 1.25 bits per heavy atom. The monoisotopic (exact) mass is 269 g/mol. The van der Waals surface area contributed by atoms with Crippen LogP contribution in [0.2, 0.25) is 0 Å². The number of benzene rings is 1. The van der Waals surface area contributed by atoms with Gasteiger partial charge in [-0.05, 0) is 47.2 Å². The number of hydrogen-bond acceptors (Lipinski definition) is 5. The van der Waals surface area contributed by atoms with Crippen molar-refractivity contribution in [1.29, 1.82) is 0 Å². The maximum Gasteiger partial charge on any atom is 0.143 e. The summed E-state index contributed by atoms with van der Waals surface area (Å²) in [4.78, 5) is 0. The van der Waals surface area contributed by atoms with Gasteiger partial charge in [0, 0.05) is 18.9 Å². The molecule has 0 saturated heterocycles. The minimum atomic E-state index is 0.736. The molecule has 0 aliphatic carbocycles. The van der Waals surface area contributed by atoms with Crippen molar-refractivity contribution in [2.24, 2.45) is 7.05 Å². The van der Waals surface area contributed by atoms with E-state index < -0.39 is 0 Å². The highest BCUT2D eigenvalue weighted by molar-refractivity contribution is 5.53. The second kappa shape index (κ2) is 5.12. The molecular weight excluding hydrogens is 254 g/mol. The molecule has 2 heterocycles. The van der Waals surface area contributed by atoms with E-state index >= 15 is 0 Å². The maximum absolute atomic E-state index is 4.15. The third-order valence-electron chi connectivity index (χ3n) is 3.19. The zero-order valence-electron chi connectivity index (χ0n) is 11.4. The lowest BCUT2D eigenvalue weighted by atomic mass is 10.2. The Balaban J connectivity index is 1.76. The van der Waals surface area contributed by atoms with Gasteiger partial charge in [-0.1, -0.05) is 0 Å². The van der Waals surface area contributed by atoms with Crippen molar-refractivity contribution in [3.8, 4) is 5.69 Å². The highest BCUT2D eigenvalue weighted by Crippen LogP contribution is 2.18. The average molecular weight is 269 g/mol. The van der Waals surface area contributed by atoms with Crippen LogP contribution >= 0.6 is 0 Å². The van der Waals surface area contributed by atoms with Crippen LogP contribution in [-0.2, 0) is 13.6 Å². The zero-order valence-corrected chi connectivity index (χ0v) is 11.4. The molecule has 7 heteroatoms. The SMILES string of the molecule is Cc1cc(NCc2ccnn2C)ccc1-n1cnnn1. The summed E-state index contributed by atoms with van der Waals surface area (Å²) in [5.41, 5.74) is 4.26. The van der Waals surface area contributed by atoms with Gasteiger partial charge in [0.25, 0.3) is 0 Å². The Bertz CT molecular complexity index is 699. The van der Waals surface area contributed by atoms with Crippen molar-refractivity contribution < 1.29 is 0 Å². The lowest BCUT2D eigenvalue weighted by Gasteiger charge is -2.10. The molecule has 1 aromatic carbocycles. The molecule has 0 aliphatic heterocycles. The fraction of sp³-hybridized carbons (Fsp3) is 0.231. The fourth-order valence-electron chi connectivity index (χ4n) is 2.06. The van der Waals surface area contributed by atoms with Gasteiger partial charge in [-0.15, -0.1) is 5.10 Å². The van der Waals surface area contributed by atoms with Crippen LogP contribution in [0.4, 0.5) is 5.69 Å². The van der Waals surface area contributed by atoms with E-state index in [1.807, 2.05) is 36.9 Å². The highest BCUT2D eigenvalue weighted by atomic mass is 15.5. The van der Waals surface area contributed by atoms with Crippen LogP contribution in [0.15, 0.2) is 36.8 Å². The van der Waals surface area contributed by atoms with Gasteiger partial charge in [-0.25, -0.2) is 4.68 Å². The topological polar surface area (TPSA) is 73.5 Å². The molecule has 1 N–H and O–H groups in total. The minimum Gasteiger partial charge on any atom is -0.379 e. The molecular formula is C13H15N7. The van der Waals surface area contributed by atoms with E-state index in [4.69, 9.17) is 0 Å². The van der Waals surface area contributed by atoms with Crippen LogP contribution < -0.4 is 5.32 Å². The van der Waals surface area contributed by atoms with E-state index in [1.54, 1.807) is 17.2 Å². The van der Waals surface area contributed by atoms with Crippen molar-refractivity contribution in [2.75, 3.05) is 5.32 Å². The second-order valence-electron chi connectivity index (χ2n) is 4.56. The van der Waals surface area contributed by atoms with Gasteiger partial charge in [-0.3, -0.25) is 4.68 Å². The Hall–Kier alpha value is -2.70. The summed E-state index contributed by atoms with van der Waals surface area (Å²) in [5, 5.41) is 18.7. The largest absolute Gasteiger partial charge is 0.379 e. The van der Waals surface area contributed by atoms with E-state index in [0.29, 0.717) is 0 Å². The smallest absolute Gasteiger partial charge is 0.143 e. The molecule has 0 radical (unpaired) electrons. The number of aromatic nitrogens is 6. The standard InChI is InChI=1S/C13H15N7/c1-10-7-11(14-8-12-5-6-16-19(12)2)3-4-13(10)20-9-15-17-18-20/h3-7,9,14H,8H2,1-2H3. The van der Waals surface area contributed by atoms with Gasteiger partial charge >= 0.3 is 0 Å². The molecule has 2 aromatic heterocycles. The minimum absolute atomic E-state index is 0.736. The molecule has 7 nitrogen and oxygen atoms in total. The van der Waals surface area contributed by atoms with E-state index in [9.17, 15) is 0 Å². The molecule has 3 aromatic rings. The van der Waals surface area contributed by atoms with Gasteiger partial charge in [0.2, 0.25) is 0 Å². The van der Waals surface area contributed by atoms with Crippen LogP contribution in [0.1, 0.15) is 11.3 Å². The molecule has 3 rings (SSSR count). The number of anilines is 1. The first-order valence-corrected chi connectivity index (χ1v) is 6.29. The molecule has 20 heavy (non-hydrogen) atoms. The number of tetrazole rings is 1. The summed E-state index contributed by atoms with van der Waals surface area (Å²) < 4.78 is 3.51. The summed E-state index contributed by atoms with van der Waals surface area (Å²) >= 11 is 0.